The lowest BCUT2D eigenvalue weighted by Crippen LogP contribution is -2.36. The third-order valence-electron chi connectivity index (χ3n) is 4.95. The van der Waals surface area contributed by atoms with Gasteiger partial charge in [-0.2, -0.15) is 9.57 Å². The second-order valence-electron chi connectivity index (χ2n) is 7.04. The monoisotopic (exact) mass is 441 g/mol. The minimum atomic E-state index is -3.69. The van der Waals surface area contributed by atoms with Gasteiger partial charge in [-0.1, -0.05) is 30.7 Å². The predicted octanol–water partition coefficient (Wildman–Crippen LogP) is 2.57. The maximum absolute atomic E-state index is 12.8. The first-order valence-electron chi connectivity index (χ1n) is 9.93. The number of nitriles is 1. The Morgan fingerprint density at radius 2 is 1.74 bits per heavy atom. The van der Waals surface area contributed by atoms with Crippen molar-refractivity contribution in [2.45, 2.75) is 24.2 Å². The molecular weight excluding hydrogens is 418 g/mol. The van der Waals surface area contributed by atoms with E-state index in [9.17, 15) is 18.0 Å². The number of piperidine rings is 1. The van der Waals surface area contributed by atoms with Gasteiger partial charge in [-0.3, -0.25) is 9.69 Å². The molecule has 0 atom stereocenters. The first-order valence-corrected chi connectivity index (χ1v) is 11.4. The zero-order valence-electron chi connectivity index (χ0n) is 16.9. The van der Waals surface area contributed by atoms with Crippen LogP contribution >= 0.6 is 0 Å². The van der Waals surface area contributed by atoms with E-state index in [2.05, 4.69) is 0 Å². The van der Waals surface area contributed by atoms with E-state index in [0.717, 1.165) is 19.3 Å². The summed E-state index contributed by atoms with van der Waals surface area (Å²) in [6, 6.07) is 16.1. The maximum atomic E-state index is 12.8. The molecule has 1 heterocycles. The number of rotatable bonds is 7. The van der Waals surface area contributed by atoms with Gasteiger partial charge in [0.15, 0.2) is 6.61 Å². The number of anilines is 1. The number of hydrogen-bond donors (Lipinski definition) is 0. The van der Waals surface area contributed by atoms with Gasteiger partial charge in [-0.25, -0.2) is 13.2 Å². The molecule has 0 N–H and O–H groups in total. The van der Waals surface area contributed by atoms with Gasteiger partial charge in [0.2, 0.25) is 10.0 Å². The number of hydrogen-bond acceptors (Lipinski definition) is 6. The van der Waals surface area contributed by atoms with Crippen molar-refractivity contribution in [1.29, 1.82) is 5.26 Å². The number of para-hydroxylation sites is 1. The fourth-order valence-corrected chi connectivity index (χ4v) is 4.89. The number of sulfonamides is 1. The molecule has 1 fully saturated rings. The van der Waals surface area contributed by atoms with E-state index < -0.39 is 28.5 Å². The summed E-state index contributed by atoms with van der Waals surface area (Å²) in [5.41, 5.74) is 0.553. The number of amides is 1. The SMILES string of the molecule is N#CCN(C(=O)COC(=O)c1cccc(S(=O)(=O)N2CCCCC2)c1)c1ccccc1. The van der Waals surface area contributed by atoms with Crippen molar-refractivity contribution in [2.24, 2.45) is 0 Å². The molecule has 1 amide bonds. The molecule has 1 aliphatic rings. The molecule has 0 spiro atoms. The van der Waals surface area contributed by atoms with E-state index in [1.54, 1.807) is 30.3 Å². The van der Waals surface area contributed by atoms with E-state index >= 15 is 0 Å². The Balaban J connectivity index is 1.69. The van der Waals surface area contributed by atoms with Gasteiger partial charge in [0.25, 0.3) is 5.91 Å². The fraction of sp³-hybridized carbons (Fsp3) is 0.318. The Bertz CT molecular complexity index is 1070. The number of esters is 1. The minimum Gasteiger partial charge on any atom is -0.452 e. The van der Waals surface area contributed by atoms with Crippen LogP contribution in [0, 0.1) is 11.3 Å². The summed E-state index contributed by atoms with van der Waals surface area (Å²) in [4.78, 5) is 26.2. The van der Waals surface area contributed by atoms with Gasteiger partial charge >= 0.3 is 5.97 Å². The smallest absolute Gasteiger partial charge is 0.338 e. The molecule has 0 bridgehead atoms. The average Bonchev–Trinajstić information content (AvgIpc) is 2.82. The van der Waals surface area contributed by atoms with E-state index in [-0.39, 0.29) is 17.0 Å². The topological polar surface area (TPSA) is 108 Å². The molecule has 2 aromatic rings. The van der Waals surface area contributed by atoms with Crippen LogP contribution in [0.2, 0.25) is 0 Å². The number of carbonyl (C=O) groups is 2. The third kappa shape index (κ3) is 5.48. The highest BCUT2D eigenvalue weighted by Gasteiger charge is 2.27. The molecular formula is C22H23N3O5S. The predicted molar refractivity (Wildman–Crippen MR) is 114 cm³/mol. The summed E-state index contributed by atoms with van der Waals surface area (Å²) in [5, 5.41) is 9.00. The van der Waals surface area contributed by atoms with E-state index in [0.29, 0.717) is 18.8 Å². The number of benzene rings is 2. The summed E-state index contributed by atoms with van der Waals surface area (Å²) < 4.78 is 32.2. The van der Waals surface area contributed by atoms with Crippen LogP contribution in [0.15, 0.2) is 59.5 Å². The van der Waals surface area contributed by atoms with Crippen molar-refractivity contribution >= 4 is 27.6 Å². The van der Waals surface area contributed by atoms with Crippen molar-refractivity contribution in [1.82, 2.24) is 4.31 Å². The molecule has 0 saturated carbocycles. The molecule has 31 heavy (non-hydrogen) atoms. The van der Waals surface area contributed by atoms with E-state index in [1.165, 1.54) is 33.5 Å². The molecule has 1 saturated heterocycles. The number of nitrogens with zero attached hydrogens (tertiary/aromatic N) is 3. The Labute approximate surface area is 181 Å². The Morgan fingerprint density at radius 3 is 2.42 bits per heavy atom. The lowest BCUT2D eigenvalue weighted by Gasteiger charge is -2.26. The van der Waals surface area contributed by atoms with Crippen LogP contribution in [0.1, 0.15) is 29.6 Å². The van der Waals surface area contributed by atoms with Crippen molar-refractivity contribution in [3.05, 3.63) is 60.2 Å². The van der Waals surface area contributed by atoms with Crippen molar-refractivity contribution in [2.75, 3.05) is 31.1 Å². The fourth-order valence-electron chi connectivity index (χ4n) is 3.33. The Hall–Kier alpha value is -3.22. The molecule has 2 aromatic carbocycles. The molecule has 1 aliphatic heterocycles. The quantitative estimate of drug-likeness (QED) is 0.483. The summed E-state index contributed by atoms with van der Waals surface area (Å²) in [6.07, 6.45) is 2.62. The molecule has 9 heteroatoms. The molecule has 162 valence electrons. The molecule has 0 radical (unpaired) electrons. The Kier molecular flexibility index (Phi) is 7.39. The van der Waals surface area contributed by atoms with Gasteiger partial charge in [0.1, 0.15) is 6.54 Å². The van der Waals surface area contributed by atoms with E-state index in [1.807, 2.05) is 6.07 Å². The van der Waals surface area contributed by atoms with Gasteiger partial charge in [-0.15, -0.1) is 0 Å². The van der Waals surface area contributed by atoms with Crippen molar-refractivity contribution < 1.29 is 22.7 Å². The number of ether oxygens (including phenoxy) is 1. The summed E-state index contributed by atoms with van der Waals surface area (Å²) in [7, 11) is -3.69. The van der Waals surface area contributed by atoms with E-state index in [4.69, 9.17) is 10.00 Å². The Morgan fingerprint density at radius 1 is 1.03 bits per heavy atom. The molecule has 3 rings (SSSR count). The van der Waals surface area contributed by atoms with Gasteiger partial charge in [0.05, 0.1) is 16.5 Å². The zero-order valence-corrected chi connectivity index (χ0v) is 17.8. The maximum Gasteiger partial charge on any atom is 0.338 e. The van der Waals surface area contributed by atoms with Crippen molar-refractivity contribution in [3.63, 3.8) is 0 Å². The number of carbonyl (C=O) groups excluding carboxylic acids is 2. The minimum absolute atomic E-state index is 0.0190. The highest BCUT2D eigenvalue weighted by atomic mass is 32.2. The first kappa shape index (κ1) is 22.5. The lowest BCUT2D eigenvalue weighted by atomic mass is 10.2. The van der Waals surface area contributed by atoms with Crippen LogP contribution < -0.4 is 4.90 Å². The van der Waals surface area contributed by atoms with Crippen LogP contribution in [0.5, 0.6) is 0 Å². The van der Waals surface area contributed by atoms with Crippen LogP contribution in [0.4, 0.5) is 5.69 Å². The normalized spacial score (nSPS) is 14.4. The standard InChI is InChI=1S/C22H23N3O5S/c23-12-15-25(19-9-3-1-4-10-19)21(26)17-30-22(27)18-8-7-11-20(16-18)31(28,29)24-13-5-2-6-14-24/h1,3-4,7-11,16H,2,5-6,13-15,17H2. The largest absolute Gasteiger partial charge is 0.452 e. The summed E-state index contributed by atoms with van der Waals surface area (Å²) in [5.74, 6) is -1.37. The lowest BCUT2D eigenvalue weighted by molar-refractivity contribution is -0.121. The van der Waals surface area contributed by atoms with Gasteiger partial charge in [-0.05, 0) is 43.2 Å². The van der Waals surface area contributed by atoms with Gasteiger partial charge in [0, 0.05) is 18.8 Å². The van der Waals surface area contributed by atoms with Crippen LogP contribution in [0.25, 0.3) is 0 Å². The first-order chi connectivity index (χ1) is 14.9. The molecule has 0 unspecified atom stereocenters. The van der Waals surface area contributed by atoms with Crippen molar-refractivity contribution in [3.8, 4) is 6.07 Å². The highest BCUT2D eigenvalue weighted by molar-refractivity contribution is 7.89. The average molecular weight is 442 g/mol. The zero-order chi connectivity index (χ0) is 22.3. The van der Waals surface area contributed by atoms with Crippen LogP contribution in [-0.2, 0) is 19.6 Å². The highest BCUT2D eigenvalue weighted by Crippen LogP contribution is 2.21. The third-order valence-corrected chi connectivity index (χ3v) is 6.84. The molecule has 0 aliphatic carbocycles. The molecule has 0 aromatic heterocycles. The van der Waals surface area contributed by atoms with Gasteiger partial charge < -0.3 is 4.74 Å². The summed E-state index contributed by atoms with van der Waals surface area (Å²) >= 11 is 0. The van der Waals surface area contributed by atoms with Crippen LogP contribution in [0.3, 0.4) is 0 Å². The summed E-state index contributed by atoms with van der Waals surface area (Å²) in [6.45, 7) is 0.155. The second-order valence-corrected chi connectivity index (χ2v) is 8.98. The second kappa shape index (κ2) is 10.2. The molecule has 8 nitrogen and oxygen atoms in total. The van der Waals surface area contributed by atoms with Crippen LogP contribution in [-0.4, -0.2) is 50.8 Å².